The second-order valence-corrected chi connectivity index (χ2v) is 5.40. The molecule has 1 aliphatic rings. The van der Waals surface area contributed by atoms with Gasteiger partial charge in [0.25, 0.3) is 0 Å². The molecule has 143 valence electrons. The average Bonchev–Trinajstić information content (AvgIpc) is 3.38. The van der Waals surface area contributed by atoms with Gasteiger partial charge in [-0.25, -0.2) is 0 Å². The Balaban J connectivity index is 0.000000283. The van der Waals surface area contributed by atoms with E-state index in [1.165, 1.54) is 32.1 Å². The summed E-state index contributed by atoms with van der Waals surface area (Å²) in [5, 5.41) is 10.5. The van der Waals surface area contributed by atoms with Crippen LogP contribution in [0, 0.1) is 6.68 Å². The zero-order valence-electron chi connectivity index (χ0n) is 14.1. The SMILES string of the molecule is C1CCCC1.F[C-](F)F.[Co].c1cnn(B([n+]2ccc[nH]2)[n+]2ccc[nH]2)c1. The molecule has 3 aromatic rings. The van der Waals surface area contributed by atoms with Gasteiger partial charge in [0.1, 0.15) is 0 Å². The normalized spacial score (nSPS) is 12.5. The number of hydrogen-bond donors (Lipinski definition) is 2. The maximum absolute atomic E-state index is 9.58. The van der Waals surface area contributed by atoms with Crippen LogP contribution in [-0.4, -0.2) is 27.0 Å². The summed E-state index contributed by atoms with van der Waals surface area (Å²) in [6.45, 7) is -3.08. The molecule has 0 amide bonds. The summed E-state index contributed by atoms with van der Waals surface area (Å²) < 4.78 is 34.5. The largest absolute Gasteiger partial charge is 1.05 e. The van der Waals surface area contributed by atoms with Crippen LogP contribution in [0.2, 0.25) is 0 Å². The second-order valence-electron chi connectivity index (χ2n) is 5.40. The fourth-order valence-electron chi connectivity index (χ4n) is 2.59. The molecule has 26 heavy (non-hydrogen) atoms. The second kappa shape index (κ2) is 12.4. The molecule has 1 saturated carbocycles. The van der Waals surface area contributed by atoms with Gasteiger partial charge in [-0.3, -0.25) is 0 Å². The molecule has 6 nitrogen and oxygen atoms in total. The van der Waals surface area contributed by atoms with E-state index < -0.39 is 6.68 Å². The summed E-state index contributed by atoms with van der Waals surface area (Å²) >= 11 is 0. The van der Waals surface area contributed by atoms with Gasteiger partial charge in [-0.2, -0.15) is 19.9 Å². The van der Waals surface area contributed by atoms with Crippen LogP contribution in [0.3, 0.4) is 0 Å². The third kappa shape index (κ3) is 7.48. The fourth-order valence-corrected chi connectivity index (χ4v) is 2.59. The molecule has 2 N–H and O–H groups in total. The van der Waals surface area contributed by atoms with E-state index in [4.69, 9.17) is 0 Å². The van der Waals surface area contributed by atoms with Crippen LogP contribution >= 0.6 is 0 Å². The summed E-state index contributed by atoms with van der Waals surface area (Å²) in [6, 6.07) is 5.79. The Kier molecular flexibility index (Phi) is 10.5. The van der Waals surface area contributed by atoms with E-state index in [0.717, 1.165) is 0 Å². The van der Waals surface area contributed by atoms with E-state index >= 15 is 0 Å². The van der Waals surface area contributed by atoms with Gasteiger partial charge in [-0.05, 0) is 6.07 Å². The predicted molar refractivity (Wildman–Crippen MR) is 85.8 cm³/mol. The van der Waals surface area contributed by atoms with Crippen molar-refractivity contribution in [1.82, 2.24) is 19.9 Å². The Morgan fingerprint density at radius 1 is 0.885 bits per heavy atom. The smallest absolute Gasteiger partial charge is 0.385 e. The van der Waals surface area contributed by atoms with Crippen molar-refractivity contribution in [3.63, 3.8) is 0 Å². The Morgan fingerprint density at radius 2 is 1.35 bits per heavy atom. The molecule has 1 radical (unpaired) electrons. The molecular formula is C15H21BCoF3N6+. The zero-order valence-corrected chi connectivity index (χ0v) is 15.1. The van der Waals surface area contributed by atoms with E-state index in [-0.39, 0.29) is 23.9 Å². The van der Waals surface area contributed by atoms with Crippen molar-refractivity contribution in [1.29, 1.82) is 0 Å². The first-order chi connectivity index (χ1) is 12.2. The van der Waals surface area contributed by atoms with Gasteiger partial charge in [0, 0.05) is 41.3 Å². The Bertz CT molecular complexity index is 568. The van der Waals surface area contributed by atoms with Gasteiger partial charge in [-0.15, -0.1) is 9.19 Å². The number of hydrogen-bond acceptors (Lipinski definition) is 1. The number of aromatic amines is 2. The maximum Gasteiger partial charge on any atom is 1.05 e. The molecule has 3 aromatic heterocycles. The Morgan fingerprint density at radius 3 is 1.65 bits per heavy atom. The molecule has 0 saturated heterocycles. The van der Waals surface area contributed by atoms with Crippen molar-refractivity contribution >= 4 is 7.12 Å². The van der Waals surface area contributed by atoms with Crippen molar-refractivity contribution in [2.24, 2.45) is 0 Å². The van der Waals surface area contributed by atoms with Gasteiger partial charge in [0.15, 0.2) is 19.1 Å². The van der Waals surface area contributed by atoms with Crippen LogP contribution in [0.15, 0.2) is 55.4 Å². The van der Waals surface area contributed by atoms with E-state index in [2.05, 4.69) is 15.3 Å². The molecule has 1 fully saturated rings. The third-order valence-electron chi connectivity index (χ3n) is 3.64. The van der Waals surface area contributed by atoms with E-state index in [0.29, 0.717) is 0 Å². The van der Waals surface area contributed by atoms with Gasteiger partial charge >= 0.3 is 7.12 Å². The van der Waals surface area contributed by atoms with Crippen LogP contribution in [-0.2, 0) is 16.8 Å². The van der Waals surface area contributed by atoms with Crippen molar-refractivity contribution in [3.05, 3.63) is 62.1 Å². The first-order valence-electron chi connectivity index (χ1n) is 8.10. The standard InChI is InChI=1S/C9H9BN6.C5H10.CF3.Co/c1-4-11-14(7-1)10(15-8-2-5-12-15)16-9-3-6-13-16;1-2-4-5-3-1;2-1(3)4;/h1-9H;1-5H2;;/q;;-1;/p+2. The Labute approximate surface area is 160 Å². The van der Waals surface area contributed by atoms with E-state index in [9.17, 15) is 13.2 Å². The molecule has 4 rings (SSSR count). The van der Waals surface area contributed by atoms with Crippen LogP contribution in [0.25, 0.3) is 0 Å². The predicted octanol–water partition coefficient (Wildman–Crippen LogP) is 2.33. The minimum absolute atomic E-state index is 0. The Hall–Kier alpha value is -2.01. The molecule has 0 bridgehead atoms. The van der Waals surface area contributed by atoms with Crippen molar-refractivity contribution in [3.8, 4) is 0 Å². The van der Waals surface area contributed by atoms with Crippen LogP contribution in [0.5, 0.6) is 0 Å². The molecule has 11 heteroatoms. The summed E-state index contributed by atoms with van der Waals surface area (Å²) in [6.07, 6.45) is 18.9. The van der Waals surface area contributed by atoms with Crippen LogP contribution in [0.4, 0.5) is 13.2 Å². The van der Waals surface area contributed by atoms with E-state index in [1.54, 1.807) is 6.20 Å². The molecule has 3 heterocycles. The molecule has 1 aliphatic carbocycles. The maximum atomic E-state index is 9.58. The first kappa shape index (κ1) is 22.0. The number of halogens is 3. The van der Waals surface area contributed by atoms with Gasteiger partial charge in [-0.1, -0.05) is 32.1 Å². The zero-order chi connectivity index (χ0) is 17.9. The number of nitrogens with one attached hydrogen (secondary N) is 2. The van der Waals surface area contributed by atoms with Crippen LogP contribution < -0.4 is 9.19 Å². The van der Waals surface area contributed by atoms with Gasteiger partial charge in [0.05, 0.1) is 12.4 Å². The minimum Gasteiger partial charge on any atom is -0.385 e. The monoisotopic (exact) mass is 412 g/mol. The third-order valence-corrected chi connectivity index (χ3v) is 3.64. The number of H-pyrrole nitrogens is 2. The summed E-state index contributed by atoms with van der Waals surface area (Å²) in [5.41, 5.74) is 0. The molecule has 0 aliphatic heterocycles. The average molecular weight is 412 g/mol. The number of aromatic nitrogens is 6. The summed E-state index contributed by atoms with van der Waals surface area (Å²) in [4.78, 5) is 0. The molecule has 0 unspecified atom stereocenters. The van der Waals surface area contributed by atoms with Crippen molar-refractivity contribution < 1.29 is 39.1 Å². The van der Waals surface area contributed by atoms with E-state index in [1.807, 2.05) is 63.0 Å². The summed E-state index contributed by atoms with van der Waals surface area (Å²) in [5.74, 6) is 0. The quantitative estimate of drug-likeness (QED) is 0.504. The number of nitrogens with zero attached hydrogens (tertiary/aromatic N) is 4. The fraction of sp³-hybridized carbons (Fsp3) is 0.333. The topological polar surface area (TPSA) is 57.2 Å². The van der Waals surface area contributed by atoms with Gasteiger partial charge < -0.3 is 13.2 Å². The van der Waals surface area contributed by atoms with Crippen molar-refractivity contribution in [2.75, 3.05) is 0 Å². The molecule has 0 aromatic carbocycles. The van der Waals surface area contributed by atoms with Gasteiger partial charge in [0.2, 0.25) is 0 Å². The van der Waals surface area contributed by atoms with Crippen molar-refractivity contribution in [2.45, 2.75) is 32.1 Å². The first-order valence-corrected chi connectivity index (χ1v) is 8.10. The molecule has 0 atom stereocenters. The minimum atomic E-state index is -3.08. The summed E-state index contributed by atoms with van der Waals surface area (Å²) in [7, 11) is -0.0833. The molecular weight excluding hydrogens is 391 g/mol. The number of rotatable bonds is 3. The molecule has 0 spiro atoms. The van der Waals surface area contributed by atoms with Crippen LogP contribution in [0.1, 0.15) is 32.1 Å².